The van der Waals surface area contributed by atoms with Gasteiger partial charge in [-0.15, -0.1) is 0 Å². The van der Waals surface area contributed by atoms with Gasteiger partial charge in [-0.1, -0.05) is 72.0 Å². The average molecular weight is 563 g/mol. The first kappa shape index (κ1) is 23.5. The monoisotopic (exact) mass is 562 g/mol. The Labute approximate surface area is 217 Å². The molecular weight excluding hydrogens is 535 g/mol. The lowest BCUT2D eigenvalue weighted by molar-refractivity contribution is -0.679. The number of thiazole rings is 1. The highest BCUT2D eigenvalue weighted by Crippen LogP contribution is 2.35. The zero-order valence-corrected chi connectivity index (χ0v) is 22.1. The molecule has 0 amide bonds. The minimum Gasteiger partial charge on any atom is -1.00 e. The Morgan fingerprint density at radius 3 is 2.18 bits per heavy atom. The number of aryl methyl sites for hydroxylation is 1. The summed E-state index contributed by atoms with van der Waals surface area (Å²) in [4.78, 5) is 3.64. The van der Waals surface area contributed by atoms with Gasteiger partial charge in [0.15, 0.2) is 0 Å². The third-order valence-electron chi connectivity index (χ3n) is 6.08. The van der Waals surface area contributed by atoms with Crippen LogP contribution in [0.2, 0.25) is 0 Å². The van der Waals surface area contributed by atoms with Crippen LogP contribution >= 0.6 is 11.3 Å². The molecule has 0 radical (unpaired) electrons. The van der Waals surface area contributed by atoms with Gasteiger partial charge in [-0.05, 0) is 60.9 Å². The second-order valence-electron chi connectivity index (χ2n) is 8.06. The molecule has 1 aromatic heterocycles. The molecule has 5 rings (SSSR count). The molecule has 0 saturated carbocycles. The summed E-state index contributed by atoms with van der Waals surface area (Å²) in [5, 5.41) is 1.28. The van der Waals surface area contributed by atoms with Crippen LogP contribution in [0, 0.1) is 6.92 Å². The fraction of sp³-hybridized carbons (Fsp3) is 0.138. The van der Waals surface area contributed by atoms with Gasteiger partial charge >= 0.3 is 0 Å². The molecule has 0 atom stereocenters. The lowest BCUT2D eigenvalue weighted by Gasteiger charge is -2.26. The minimum absolute atomic E-state index is 0. The zero-order chi connectivity index (χ0) is 22.1. The van der Waals surface area contributed by atoms with Gasteiger partial charge in [-0.2, -0.15) is 4.57 Å². The number of allylic oxidation sites excluding steroid dienone is 1. The second kappa shape index (κ2) is 10.1. The van der Waals surface area contributed by atoms with Gasteiger partial charge in [0.05, 0.1) is 4.88 Å². The summed E-state index contributed by atoms with van der Waals surface area (Å²) in [5.74, 6) is 0. The summed E-state index contributed by atoms with van der Waals surface area (Å²) >= 11 is 1.86. The maximum absolute atomic E-state index is 2.43. The van der Waals surface area contributed by atoms with Crippen molar-refractivity contribution in [2.45, 2.75) is 20.4 Å². The van der Waals surface area contributed by atoms with E-state index in [0.717, 1.165) is 6.54 Å². The first-order valence-corrected chi connectivity index (χ1v) is 11.9. The molecule has 2 heterocycles. The van der Waals surface area contributed by atoms with Crippen molar-refractivity contribution in [3.05, 3.63) is 106 Å². The molecule has 0 spiro atoms. The molecule has 0 fully saturated rings. The Hall–Kier alpha value is -2.70. The predicted octanol–water partition coefficient (Wildman–Crippen LogP) is 4.21. The number of rotatable bonds is 4. The SMILES string of the molecule is CC[n+]1c(C=C2C=Cc3cc(-c4ccccc4)ccc3N2C)sc(C)c1-c1ccccc1.[I-]. The van der Waals surface area contributed by atoms with Crippen LogP contribution in [0.25, 0.3) is 34.5 Å². The van der Waals surface area contributed by atoms with Gasteiger partial charge in [0.2, 0.25) is 5.69 Å². The molecular formula is C29H27IN2S. The van der Waals surface area contributed by atoms with E-state index in [1.807, 2.05) is 11.3 Å². The maximum Gasteiger partial charge on any atom is 0.264 e. The van der Waals surface area contributed by atoms with E-state index >= 15 is 0 Å². The number of likely N-dealkylation sites (N-methyl/N-ethyl adjacent to an activating group) is 1. The number of fused-ring (bicyclic) bond motifs is 1. The molecule has 2 nitrogen and oxygen atoms in total. The molecule has 0 N–H and O–H groups in total. The van der Waals surface area contributed by atoms with Gasteiger partial charge in [-0.25, -0.2) is 0 Å². The normalized spacial score (nSPS) is 13.7. The number of hydrogen-bond acceptors (Lipinski definition) is 2. The Morgan fingerprint density at radius 2 is 1.52 bits per heavy atom. The van der Waals surface area contributed by atoms with Crippen LogP contribution in [0.15, 0.2) is 90.6 Å². The molecule has 4 aromatic rings. The van der Waals surface area contributed by atoms with E-state index < -0.39 is 0 Å². The van der Waals surface area contributed by atoms with Crippen molar-refractivity contribution in [1.82, 2.24) is 0 Å². The van der Waals surface area contributed by atoms with E-state index in [-0.39, 0.29) is 24.0 Å². The Morgan fingerprint density at radius 1 is 0.848 bits per heavy atom. The first-order chi connectivity index (χ1) is 15.7. The van der Waals surface area contributed by atoms with Crippen LogP contribution in [-0.2, 0) is 6.54 Å². The molecule has 3 aromatic carbocycles. The van der Waals surface area contributed by atoms with Crippen molar-refractivity contribution >= 4 is 29.2 Å². The standard InChI is InChI=1S/C29H27N2S.HI/c1-4-31-28(32-21(2)29(31)23-13-9-6-10-14-23)20-26-17-15-25-19-24(16-18-27(25)30(26)3)22-11-7-5-8-12-22;/h5-20H,4H2,1-3H3;1H/q+1;/p-1. The summed E-state index contributed by atoms with van der Waals surface area (Å²) in [6.45, 7) is 5.39. The van der Waals surface area contributed by atoms with Crippen LogP contribution in [0.1, 0.15) is 22.4 Å². The molecule has 0 aliphatic carbocycles. The fourth-order valence-electron chi connectivity index (χ4n) is 4.44. The zero-order valence-electron chi connectivity index (χ0n) is 19.1. The van der Waals surface area contributed by atoms with Crippen LogP contribution < -0.4 is 33.4 Å². The fourth-order valence-corrected chi connectivity index (χ4v) is 5.59. The highest BCUT2D eigenvalue weighted by Gasteiger charge is 2.24. The summed E-state index contributed by atoms with van der Waals surface area (Å²) in [6, 6.07) is 28.0. The minimum atomic E-state index is 0. The average Bonchev–Trinajstić information content (AvgIpc) is 3.16. The number of anilines is 1. The topological polar surface area (TPSA) is 7.12 Å². The third kappa shape index (κ3) is 4.55. The molecule has 33 heavy (non-hydrogen) atoms. The van der Waals surface area contributed by atoms with Crippen molar-refractivity contribution in [1.29, 1.82) is 0 Å². The van der Waals surface area contributed by atoms with Gasteiger partial charge in [0, 0.05) is 30.1 Å². The molecule has 4 heteroatoms. The quantitative estimate of drug-likeness (QED) is 0.267. The lowest BCUT2D eigenvalue weighted by Crippen LogP contribution is -3.00. The van der Waals surface area contributed by atoms with Gasteiger partial charge in [0.25, 0.3) is 5.01 Å². The van der Waals surface area contributed by atoms with Crippen LogP contribution in [0.5, 0.6) is 0 Å². The lowest BCUT2D eigenvalue weighted by atomic mass is 9.99. The van der Waals surface area contributed by atoms with Crippen molar-refractivity contribution in [2.75, 3.05) is 11.9 Å². The number of aromatic nitrogens is 1. The Balaban J connectivity index is 0.00000259. The van der Waals surface area contributed by atoms with Gasteiger partial charge in [-0.3, -0.25) is 0 Å². The van der Waals surface area contributed by atoms with Crippen LogP contribution in [0.3, 0.4) is 0 Å². The Bertz CT molecular complexity index is 1320. The summed E-state index contributed by atoms with van der Waals surface area (Å²) in [5.41, 5.74) is 8.78. The number of nitrogens with zero attached hydrogens (tertiary/aromatic N) is 2. The van der Waals surface area contributed by atoms with Crippen molar-refractivity contribution in [2.24, 2.45) is 0 Å². The molecule has 166 valence electrons. The van der Waals surface area contributed by atoms with E-state index in [0.29, 0.717) is 0 Å². The van der Waals surface area contributed by atoms with Crippen LogP contribution in [-0.4, -0.2) is 7.05 Å². The number of benzene rings is 3. The van der Waals surface area contributed by atoms with Gasteiger partial charge in [0.1, 0.15) is 6.54 Å². The van der Waals surface area contributed by atoms with Crippen LogP contribution in [0.4, 0.5) is 5.69 Å². The van der Waals surface area contributed by atoms with E-state index in [4.69, 9.17) is 0 Å². The number of halogens is 1. The second-order valence-corrected chi connectivity index (χ2v) is 9.29. The molecule has 0 bridgehead atoms. The van der Waals surface area contributed by atoms with E-state index in [9.17, 15) is 0 Å². The third-order valence-corrected chi connectivity index (χ3v) is 7.13. The highest BCUT2D eigenvalue weighted by molar-refractivity contribution is 7.12. The van der Waals surface area contributed by atoms with E-state index in [1.165, 1.54) is 49.2 Å². The summed E-state index contributed by atoms with van der Waals surface area (Å²) in [7, 11) is 2.16. The molecule has 0 unspecified atom stereocenters. The van der Waals surface area contributed by atoms with Crippen molar-refractivity contribution in [3.8, 4) is 22.4 Å². The summed E-state index contributed by atoms with van der Waals surface area (Å²) in [6.07, 6.45) is 6.79. The molecule has 1 aliphatic heterocycles. The van der Waals surface area contributed by atoms with Crippen molar-refractivity contribution in [3.63, 3.8) is 0 Å². The number of hydrogen-bond donors (Lipinski definition) is 0. The molecule has 1 aliphatic rings. The van der Waals surface area contributed by atoms with E-state index in [2.05, 4.69) is 127 Å². The highest BCUT2D eigenvalue weighted by atomic mass is 127. The van der Waals surface area contributed by atoms with E-state index in [1.54, 1.807) is 0 Å². The Kier molecular flexibility index (Phi) is 7.15. The maximum atomic E-state index is 2.43. The summed E-state index contributed by atoms with van der Waals surface area (Å²) < 4.78 is 2.43. The smallest absolute Gasteiger partial charge is 0.264 e. The molecule has 0 saturated heterocycles. The first-order valence-electron chi connectivity index (χ1n) is 11.1. The van der Waals surface area contributed by atoms with Gasteiger partial charge < -0.3 is 28.9 Å². The predicted molar refractivity (Wildman–Crippen MR) is 138 cm³/mol. The largest absolute Gasteiger partial charge is 1.00 e. The van der Waals surface area contributed by atoms with Crippen molar-refractivity contribution < 1.29 is 28.5 Å².